The lowest BCUT2D eigenvalue weighted by Crippen LogP contribution is -2.54. The van der Waals surface area contributed by atoms with Gasteiger partial charge in [-0.1, -0.05) is 27.7 Å². The van der Waals surface area contributed by atoms with Gasteiger partial charge in [-0.3, -0.25) is 9.59 Å². The van der Waals surface area contributed by atoms with Gasteiger partial charge in [0, 0.05) is 6.61 Å². The van der Waals surface area contributed by atoms with Gasteiger partial charge < -0.3 is 15.2 Å². The van der Waals surface area contributed by atoms with Gasteiger partial charge in [0.25, 0.3) is 0 Å². The quantitative estimate of drug-likeness (QED) is 0.683. The van der Waals surface area contributed by atoms with Crippen LogP contribution in [0, 0.1) is 11.8 Å². The van der Waals surface area contributed by atoms with Crippen LogP contribution in [-0.4, -0.2) is 35.2 Å². The molecular weight excluding hydrogens is 258 g/mol. The largest absolute Gasteiger partial charge is 0.481 e. The number of amides is 1. The van der Waals surface area contributed by atoms with Gasteiger partial charge in [-0.15, -0.1) is 0 Å². The minimum absolute atomic E-state index is 0.0189. The lowest BCUT2D eigenvalue weighted by atomic mass is 9.85. The maximum Gasteiger partial charge on any atom is 0.305 e. The Hall–Kier alpha value is -1.10. The van der Waals surface area contributed by atoms with Gasteiger partial charge in [0.15, 0.2) is 0 Å². The summed E-state index contributed by atoms with van der Waals surface area (Å²) in [6, 6.07) is 0. The SMILES string of the molecule is CC(C)CCOC(C)C(=O)NC(C)(CC(=O)O)C(C)C. The first-order valence-corrected chi connectivity index (χ1v) is 7.24. The van der Waals surface area contributed by atoms with Crippen LogP contribution in [0.4, 0.5) is 0 Å². The van der Waals surface area contributed by atoms with E-state index in [-0.39, 0.29) is 18.2 Å². The number of carboxylic acids is 1. The maximum atomic E-state index is 12.1. The lowest BCUT2D eigenvalue weighted by Gasteiger charge is -2.34. The van der Waals surface area contributed by atoms with E-state index in [2.05, 4.69) is 19.2 Å². The van der Waals surface area contributed by atoms with E-state index in [4.69, 9.17) is 9.84 Å². The van der Waals surface area contributed by atoms with Gasteiger partial charge in [0.1, 0.15) is 6.10 Å². The van der Waals surface area contributed by atoms with Crippen LogP contribution in [0.5, 0.6) is 0 Å². The predicted molar refractivity (Wildman–Crippen MR) is 78.5 cm³/mol. The molecule has 0 saturated heterocycles. The van der Waals surface area contributed by atoms with Gasteiger partial charge >= 0.3 is 5.97 Å². The van der Waals surface area contributed by atoms with E-state index in [0.717, 1.165) is 6.42 Å². The first-order chi connectivity index (χ1) is 9.08. The fourth-order valence-electron chi connectivity index (χ4n) is 1.65. The zero-order valence-electron chi connectivity index (χ0n) is 13.5. The number of carbonyl (C=O) groups excluding carboxylic acids is 1. The Morgan fingerprint density at radius 2 is 1.75 bits per heavy atom. The van der Waals surface area contributed by atoms with Crippen molar-refractivity contribution in [2.75, 3.05) is 6.61 Å². The van der Waals surface area contributed by atoms with Crippen molar-refractivity contribution in [3.05, 3.63) is 0 Å². The fourth-order valence-corrected chi connectivity index (χ4v) is 1.65. The molecule has 2 N–H and O–H groups in total. The summed E-state index contributed by atoms with van der Waals surface area (Å²) in [5, 5.41) is 11.8. The molecule has 0 spiro atoms. The second-order valence-corrected chi connectivity index (χ2v) is 6.33. The maximum absolute atomic E-state index is 12.1. The van der Waals surface area contributed by atoms with Crippen LogP contribution in [-0.2, 0) is 14.3 Å². The zero-order chi connectivity index (χ0) is 15.9. The molecule has 0 saturated carbocycles. The number of nitrogens with one attached hydrogen (secondary N) is 1. The van der Waals surface area contributed by atoms with Gasteiger partial charge in [-0.2, -0.15) is 0 Å². The van der Waals surface area contributed by atoms with E-state index in [1.165, 1.54) is 0 Å². The van der Waals surface area contributed by atoms with Crippen molar-refractivity contribution in [2.45, 2.75) is 66.0 Å². The molecule has 5 heteroatoms. The molecular formula is C15H29NO4. The Balaban J connectivity index is 4.48. The fraction of sp³-hybridized carbons (Fsp3) is 0.867. The summed E-state index contributed by atoms with van der Waals surface area (Å²) in [5.41, 5.74) is -0.765. The molecule has 118 valence electrons. The molecule has 2 atom stereocenters. The Kier molecular flexibility index (Phi) is 7.79. The molecule has 0 aliphatic rings. The molecule has 0 aromatic heterocycles. The van der Waals surface area contributed by atoms with Crippen molar-refractivity contribution < 1.29 is 19.4 Å². The second-order valence-electron chi connectivity index (χ2n) is 6.33. The zero-order valence-corrected chi connectivity index (χ0v) is 13.5. The van der Waals surface area contributed by atoms with Crippen molar-refractivity contribution in [1.29, 1.82) is 0 Å². The summed E-state index contributed by atoms with van der Waals surface area (Å²) >= 11 is 0. The number of ether oxygens (including phenoxy) is 1. The molecule has 5 nitrogen and oxygen atoms in total. The van der Waals surface area contributed by atoms with Crippen molar-refractivity contribution in [3.8, 4) is 0 Å². The monoisotopic (exact) mass is 287 g/mol. The van der Waals surface area contributed by atoms with E-state index in [1.54, 1.807) is 13.8 Å². The molecule has 0 aliphatic heterocycles. The number of hydrogen-bond acceptors (Lipinski definition) is 3. The van der Waals surface area contributed by atoms with E-state index < -0.39 is 17.6 Å². The number of carbonyl (C=O) groups is 2. The van der Waals surface area contributed by atoms with E-state index in [0.29, 0.717) is 12.5 Å². The van der Waals surface area contributed by atoms with Gasteiger partial charge in [0.05, 0.1) is 12.0 Å². The minimum Gasteiger partial charge on any atom is -0.481 e. The van der Waals surface area contributed by atoms with Crippen molar-refractivity contribution >= 4 is 11.9 Å². The highest BCUT2D eigenvalue weighted by molar-refractivity contribution is 5.82. The highest BCUT2D eigenvalue weighted by Gasteiger charge is 2.34. The molecule has 0 bridgehead atoms. The molecule has 0 radical (unpaired) electrons. The molecule has 0 rings (SSSR count). The van der Waals surface area contributed by atoms with Crippen LogP contribution in [0.15, 0.2) is 0 Å². The number of aliphatic carboxylic acids is 1. The van der Waals surface area contributed by atoms with Crippen LogP contribution < -0.4 is 5.32 Å². The average molecular weight is 287 g/mol. The van der Waals surface area contributed by atoms with Crippen LogP contribution in [0.25, 0.3) is 0 Å². The molecule has 0 aliphatic carbocycles. The lowest BCUT2D eigenvalue weighted by molar-refractivity contribution is -0.141. The molecule has 0 aromatic carbocycles. The van der Waals surface area contributed by atoms with Gasteiger partial charge in [-0.05, 0) is 32.1 Å². The number of rotatable bonds is 9. The Morgan fingerprint density at radius 1 is 1.20 bits per heavy atom. The van der Waals surface area contributed by atoms with Crippen molar-refractivity contribution in [2.24, 2.45) is 11.8 Å². The third kappa shape index (κ3) is 6.89. The van der Waals surface area contributed by atoms with Crippen LogP contribution in [0.2, 0.25) is 0 Å². The first kappa shape index (κ1) is 18.9. The average Bonchev–Trinajstić information content (AvgIpc) is 2.26. The molecule has 2 unspecified atom stereocenters. The highest BCUT2D eigenvalue weighted by atomic mass is 16.5. The third-order valence-corrected chi connectivity index (χ3v) is 3.63. The third-order valence-electron chi connectivity index (χ3n) is 3.63. The van der Waals surface area contributed by atoms with Crippen LogP contribution in [0.3, 0.4) is 0 Å². The van der Waals surface area contributed by atoms with Gasteiger partial charge in [-0.25, -0.2) is 0 Å². The summed E-state index contributed by atoms with van der Waals surface area (Å²) in [6.45, 7) is 12.0. The molecule has 0 fully saturated rings. The molecule has 0 heterocycles. The van der Waals surface area contributed by atoms with E-state index >= 15 is 0 Å². The number of hydrogen-bond donors (Lipinski definition) is 2. The van der Waals surface area contributed by atoms with Crippen molar-refractivity contribution in [3.63, 3.8) is 0 Å². The Labute approximate surface area is 122 Å². The van der Waals surface area contributed by atoms with Crippen LogP contribution >= 0.6 is 0 Å². The van der Waals surface area contributed by atoms with E-state index in [1.807, 2.05) is 13.8 Å². The first-order valence-electron chi connectivity index (χ1n) is 7.24. The van der Waals surface area contributed by atoms with Crippen LogP contribution in [0.1, 0.15) is 54.4 Å². The normalized spacial score (nSPS) is 16.0. The summed E-state index contributed by atoms with van der Waals surface area (Å²) in [5.74, 6) is -0.635. The minimum atomic E-state index is -0.921. The van der Waals surface area contributed by atoms with Crippen molar-refractivity contribution in [1.82, 2.24) is 5.32 Å². The smallest absolute Gasteiger partial charge is 0.305 e. The van der Waals surface area contributed by atoms with Gasteiger partial charge in [0.2, 0.25) is 5.91 Å². The Morgan fingerprint density at radius 3 is 2.15 bits per heavy atom. The highest BCUT2D eigenvalue weighted by Crippen LogP contribution is 2.21. The summed E-state index contributed by atoms with van der Waals surface area (Å²) in [4.78, 5) is 23.0. The standard InChI is InChI=1S/C15H29NO4/c1-10(2)7-8-20-12(5)14(19)16-15(6,11(3)4)9-13(17)18/h10-12H,7-9H2,1-6H3,(H,16,19)(H,17,18). The summed E-state index contributed by atoms with van der Waals surface area (Å²) in [7, 11) is 0. The molecule has 1 amide bonds. The predicted octanol–water partition coefficient (Wildman–Crippen LogP) is 2.44. The Bertz CT molecular complexity index is 328. The molecule has 20 heavy (non-hydrogen) atoms. The summed E-state index contributed by atoms with van der Waals surface area (Å²) in [6.07, 6.45) is 0.226. The van der Waals surface area contributed by atoms with E-state index in [9.17, 15) is 9.59 Å². The molecule has 0 aromatic rings. The second kappa shape index (κ2) is 8.25. The number of carboxylic acid groups (broad SMARTS) is 1. The summed E-state index contributed by atoms with van der Waals surface area (Å²) < 4.78 is 5.49. The topological polar surface area (TPSA) is 75.6 Å².